The van der Waals surface area contributed by atoms with Crippen LogP contribution in [0.3, 0.4) is 0 Å². The zero-order valence-electron chi connectivity index (χ0n) is 20.6. The van der Waals surface area contributed by atoms with Crippen molar-refractivity contribution in [2.45, 2.75) is 19.9 Å². The summed E-state index contributed by atoms with van der Waals surface area (Å²) >= 11 is 0. The highest BCUT2D eigenvalue weighted by Crippen LogP contribution is 2.40. The molecule has 0 bridgehead atoms. The maximum atomic E-state index is 6.38. The minimum absolute atomic E-state index is 0.173. The molecular formula is C32H29N2OP. The molecule has 0 N–H and O–H groups in total. The monoisotopic (exact) mass is 488 g/mol. The largest absolute Gasteiger partial charge is 0.475 e. The summed E-state index contributed by atoms with van der Waals surface area (Å²) < 4.78 is 8.82. The molecule has 6 rings (SSSR count). The van der Waals surface area contributed by atoms with Gasteiger partial charge in [-0.3, -0.25) is 0 Å². The number of hydrogen-bond donors (Lipinski definition) is 0. The Bertz CT molecular complexity index is 1470. The number of nitrogens with zero attached hydrogens (tertiary/aromatic N) is 2. The Morgan fingerprint density at radius 1 is 0.750 bits per heavy atom. The van der Waals surface area contributed by atoms with E-state index in [1.165, 1.54) is 26.9 Å². The van der Waals surface area contributed by atoms with Crippen LogP contribution in [0.25, 0.3) is 16.6 Å². The minimum atomic E-state index is -0.902. The van der Waals surface area contributed by atoms with Crippen molar-refractivity contribution in [2.75, 3.05) is 6.61 Å². The van der Waals surface area contributed by atoms with E-state index in [4.69, 9.17) is 9.73 Å². The molecule has 1 atom stereocenters. The van der Waals surface area contributed by atoms with Crippen LogP contribution in [0.15, 0.2) is 120 Å². The van der Waals surface area contributed by atoms with Gasteiger partial charge in [0.25, 0.3) is 0 Å². The highest BCUT2D eigenvalue weighted by Gasteiger charge is 2.33. The van der Waals surface area contributed by atoms with E-state index in [2.05, 4.69) is 134 Å². The summed E-state index contributed by atoms with van der Waals surface area (Å²) in [5.41, 5.74) is 4.69. The third-order valence-corrected chi connectivity index (χ3v) is 9.24. The number of aromatic nitrogens is 1. The molecule has 0 spiro atoms. The number of fused-ring (bicyclic) bond motifs is 1. The van der Waals surface area contributed by atoms with Crippen molar-refractivity contribution in [1.29, 1.82) is 0 Å². The normalized spacial score (nSPS) is 15.4. The number of rotatable bonds is 6. The third-order valence-electron chi connectivity index (χ3n) is 6.76. The second kappa shape index (κ2) is 9.76. The predicted octanol–water partition coefficient (Wildman–Crippen LogP) is 6.19. The predicted molar refractivity (Wildman–Crippen MR) is 153 cm³/mol. The van der Waals surface area contributed by atoms with E-state index in [9.17, 15) is 0 Å². The van der Waals surface area contributed by atoms with Crippen LogP contribution in [-0.2, 0) is 4.74 Å². The lowest BCUT2D eigenvalue weighted by molar-refractivity contribution is 0.292. The summed E-state index contributed by atoms with van der Waals surface area (Å²) in [6, 6.07) is 41.3. The molecule has 4 aromatic carbocycles. The molecule has 0 aliphatic carbocycles. The van der Waals surface area contributed by atoms with E-state index in [-0.39, 0.29) is 6.04 Å². The zero-order valence-corrected chi connectivity index (χ0v) is 21.5. The maximum Gasteiger partial charge on any atom is 0.219 e. The summed E-state index contributed by atoms with van der Waals surface area (Å²) in [5, 5.41) is 3.79. The second-order valence-corrected chi connectivity index (χ2v) is 11.6. The summed E-state index contributed by atoms with van der Waals surface area (Å²) in [5.74, 6) is 1.20. The Kier molecular flexibility index (Phi) is 6.17. The zero-order chi connectivity index (χ0) is 24.5. The van der Waals surface area contributed by atoms with Gasteiger partial charge in [0.15, 0.2) is 0 Å². The molecule has 5 aromatic rings. The van der Waals surface area contributed by atoms with Crippen LogP contribution in [0, 0.1) is 5.92 Å². The number of hydrogen-bond acceptors (Lipinski definition) is 2. The van der Waals surface area contributed by atoms with E-state index < -0.39 is 7.92 Å². The molecule has 178 valence electrons. The van der Waals surface area contributed by atoms with Gasteiger partial charge in [0.1, 0.15) is 6.61 Å². The first-order valence-electron chi connectivity index (χ1n) is 12.5. The van der Waals surface area contributed by atoms with Crippen molar-refractivity contribution in [3.8, 4) is 5.69 Å². The van der Waals surface area contributed by atoms with Crippen molar-refractivity contribution < 1.29 is 4.74 Å². The van der Waals surface area contributed by atoms with Crippen LogP contribution in [0.5, 0.6) is 0 Å². The molecule has 0 unspecified atom stereocenters. The Morgan fingerprint density at radius 2 is 1.31 bits per heavy atom. The Morgan fingerprint density at radius 3 is 1.89 bits per heavy atom. The van der Waals surface area contributed by atoms with Gasteiger partial charge in [-0.05, 0) is 34.7 Å². The number of benzene rings is 4. The van der Waals surface area contributed by atoms with Crippen LogP contribution >= 0.6 is 7.92 Å². The van der Waals surface area contributed by atoms with Gasteiger partial charge >= 0.3 is 0 Å². The summed E-state index contributed by atoms with van der Waals surface area (Å²) in [7, 11) is -0.902. The van der Waals surface area contributed by atoms with Gasteiger partial charge in [-0.1, -0.05) is 111 Å². The Labute approximate surface area is 213 Å². The molecule has 3 nitrogen and oxygen atoms in total. The van der Waals surface area contributed by atoms with Crippen molar-refractivity contribution in [1.82, 2.24) is 4.57 Å². The van der Waals surface area contributed by atoms with Crippen LogP contribution in [0.1, 0.15) is 19.4 Å². The minimum Gasteiger partial charge on any atom is -0.475 e. The summed E-state index contributed by atoms with van der Waals surface area (Å²) in [6.07, 6.45) is 0. The molecular weight excluding hydrogens is 459 g/mol. The molecule has 36 heavy (non-hydrogen) atoms. The van der Waals surface area contributed by atoms with Gasteiger partial charge in [0.05, 0.1) is 22.6 Å². The van der Waals surface area contributed by atoms with Crippen molar-refractivity contribution >= 4 is 40.8 Å². The summed E-state index contributed by atoms with van der Waals surface area (Å²) in [4.78, 5) is 5.14. The van der Waals surface area contributed by atoms with Crippen LogP contribution in [0.4, 0.5) is 0 Å². The number of para-hydroxylation sites is 2. The van der Waals surface area contributed by atoms with Crippen LogP contribution in [0.2, 0.25) is 0 Å². The molecule has 0 amide bonds. The standard InChI is InChI=1S/C32H29N2OP/c1-23(2)28-22-35-31(33-28)30-27-20-12-13-21-29(27)34(24-14-6-3-7-15-24)32(30)36(25-16-8-4-9-17-25)26-18-10-5-11-19-26/h3-21,23,28H,22H2,1-2H3/t28-/m1/s1. The average Bonchev–Trinajstić information content (AvgIpc) is 3.54. The van der Waals surface area contributed by atoms with Crippen molar-refractivity contribution in [3.63, 3.8) is 0 Å². The van der Waals surface area contributed by atoms with E-state index >= 15 is 0 Å². The quantitative estimate of drug-likeness (QED) is 0.262. The van der Waals surface area contributed by atoms with Crippen LogP contribution < -0.4 is 16.0 Å². The van der Waals surface area contributed by atoms with Gasteiger partial charge in [0, 0.05) is 19.0 Å². The first-order valence-corrected chi connectivity index (χ1v) is 13.9. The maximum absolute atomic E-state index is 6.38. The van der Waals surface area contributed by atoms with Crippen molar-refractivity contribution in [3.05, 3.63) is 121 Å². The van der Waals surface area contributed by atoms with Crippen LogP contribution in [-0.4, -0.2) is 23.1 Å². The highest BCUT2D eigenvalue weighted by molar-refractivity contribution is 7.79. The lowest BCUT2D eigenvalue weighted by Gasteiger charge is -2.23. The Hall–Kier alpha value is -3.68. The van der Waals surface area contributed by atoms with E-state index in [0.717, 1.165) is 17.1 Å². The SMILES string of the molecule is CC(C)[C@H]1COC(c2c(P(c3ccccc3)c3ccccc3)n(-c3ccccc3)c3ccccc23)=N1. The molecule has 0 saturated heterocycles. The molecule has 1 aliphatic rings. The van der Waals surface area contributed by atoms with Crippen molar-refractivity contribution in [2.24, 2.45) is 10.9 Å². The Balaban J connectivity index is 1.73. The first-order chi connectivity index (χ1) is 17.7. The van der Waals surface area contributed by atoms with Gasteiger partial charge in [-0.2, -0.15) is 0 Å². The lowest BCUT2D eigenvalue weighted by Crippen LogP contribution is -2.29. The molecule has 0 radical (unpaired) electrons. The van der Waals surface area contributed by atoms with E-state index in [1.54, 1.807) is 0 Å². The van der Waals surface area contributed by atoms with Gasteiger partial charge in [-0.15, -0.1) is 0 Å². The fraction of sp³-hybridized carbons (Fsp3) is 0.156. The molecule has 2 heterocycles. The van der Waals surface area contributed by atoms with Gasteiger partial charge in [-0.25, -0.2) is 4.99 Å². The molecule has 0 saturated carbocycles. The fourth-order valence-electron chi connectivity index (χ4n) is 4.90. The van der Waals surface area contributed by atoms with Gasteiger partial charge < -0.3 is 9.30 Å². The van der Waals surface area contributed by atoms with Gasteiger partial charge in [0.2, 0.25) is 5.90 Å². The lowest BCUT2D eigenvalue weighted by atomic mass is 10.1. The average molecular weight is 489 g/mol. The smallest absolute Gasteiger partial charge is 0.219 e. The summed E-state index contributed by atoms with van der Waals surface area (Å²) in [6.45, 7) is 5.07. The van der Waals surface area contributed by atoms with E-state index in [1.807, 2.05) is 0 Å². The first kappa shape index (κ1) is 22.8. The highest BCUT2D eigenvalue weighted by atomic mass is 31.1. The number of aliphatic imine (C=N–C) groups is 1. The molecule has 4 heteroatoms. The molecule has 1 aliphatic heterocycles. The molecule has 1 aromatic heterocycles. The number of ether oxygens (including phenoxy) is 1. The topological polar surface area (TPSA) is 26.5 Å². The third kappa shape index (κ3) is 4.04. The molecule has 0 fully saturated rings. The van der Waals surface area contributed by atoms with E-state index in [0.29, 0.717) is 12.5 Å². The second-order valence-electron chi connectivity index (χ2n) is 9.45. The fourth-order valence-corrected chi connectivity index (χ4v) is 7.49.